The molecule has 0 saturated carbocycles. The Kier molecular flexibility index (Phi) is 5.66. The molecule has 0 spiro atoms. The standard InChI is InChI=1S/C23H24O3S/c1-15-6-9-19(10-7-15)27(24)22-13-16(2)12-21(26-5)23(22)20-11-8-18(25-4)14-17(20)3/h6-14H,1-5H3. The molecule has 3 rings (SSSR count). The van der Waals surface area contributed by atoms with Crippen molar-refractivity contribution in [2.24, 2.45) is 0 Å². The Morgan fingerprint density at radius 1 is 0.778 bits per heavy atom. The highest BCUT2D eigenvalue weighted by Gasteiger charge is 2.20. The first-order chi connectivity index (χ1) is 12.9. The van der Waals surface area contributed by atoms with E-state index >= 15 is 0 Å². The van der Waals surface area contributed by atoms with Crippen molar-refractivity contribution >= 4 is 10.8 Å². The van der Waals surface area contributed by atoms with Crippen LogP contribution in [0, 0.1) is 20.8 Å². The second-order valence-electron chi connectivity index (χ2n) is 6.60. The second kappa shape index (κ2) is 7.97. The third-order valence-corrected chi connectivity index (χ3v) is 5.99. The van der Waals surface area contributed by atoms with Crippen LogP contribution in [0.25, 0.3) is 11.1 Å². The average Bonchev–Trinajstić information content (AvgIpc) is 2.67. The molecule has 0 saturated heterocycles. The molecule has 1 unspecified atom stereocenters. The van der Waals surface area contributed by atoms with Crippen molar-refractivity contribution in [2.75, 3.05) is 14.2 Å². The number of hydrogen-bond acceptors (Lipinski definition) is 3. The predicted molar refractivity (Wildman–Crippen MR) is 110 cm³/mol. The highest BCUT2D eigenvalue weighted by molar-refractivity contribution is 7.85. The smallest absolute Gasteiger partial charge is 0.128 e. The van der Waals surface area contributed by atoms with Gasteiger partial charge in [0.25, 0.3) is 0 Å². The normalized spacial score (nSPS) is 11.9. The van der Waals surface area contributed by atoms with Crippen molar-refractivity contribution < 1.29 is 13.7 Å². The fraction of sp³-hybridized carbons (Fsp3) is 0.217. The summed E-state index contributed by atoms with van der Waals surface area (Å²) in [5.41, 5.74) is 5.05. The Balaban J connectivity index is 2.24. The van der Waals surface area contributed by atoms with Gasteiger partial charge in [0.05, 0.1) is 29.9 Å². The van der Waals surface area contributed by atoms with E-state index in [1.54, 1.807) is 14.2 Å². The van der Waals surface area contributed by atoms with E-state index in [2.05, 4.69) is 0 Å². The van der Waals surface area contributed by atoms with Gasteiger partial charge in [-0.3, -0.25) is 0 Å². The minimum absolute atomic E-state index is 0.721. The lowest BCUT2D eigenvalue weighted by molar-refractivity contribution is 0.413. The minimum atomic E-state index is -1.32. The summed E-state index contributed by atoms with van der Waals surface area (Å²) in [6.07, 6.45) is 0. The van der Waals surface area contributed by atoms with Crippen LogP contribution in [0.15, 0.2) is 64.4 Å². The lowest BCUT2D eigenvalue weighted by Gasteiger charge is -2.18. The van der Waals surface area contributed by atoms with Crippen molar-refractivity contribution in [1.82, 2.24) is 0 Å². The third kappa shape index (κ3) is 3.91. The molecular weight excluding hydrogens is 356 g/mol. The predicted octanol–water partition coefficient (Wildman–Crippen LogP) is 5.46. The molecular formula is C23H24O3S. The Morgan fingerprint density at radius 2 is 1.48 bits per heavy atom. The molecule has 0 aliphatic carbocycles. The highest BCUT2D eigenvalue weighted by Crippen LogP contribution is 2.40. The molecule has 140 valence electrons. The van der Waals surface area contributed by atoms with Crippen LogP contribution in [0.2, 0.25) is 0 Å². The van der Waals surface area contributed by atoms with Crippen LogP contribution >= 0.6 is 0 Å². The number of hydrogen-bond donors (Lipinski definition) is 0. The van der Waals surface area contributed by atoms with E-state index in [0.717, 1.165) is 49.1 Å². The zero-order valence-electron chi connectivity index (χ0n) is 16.3. The Hall–Kier alpha value is -2.59. The number of methoxy groups -OCH3 is 2. The highest BCUT2D eigenvalue weighted by atomic mass is 32.2. The monoisotopic (exact) mass is 380 g/mol. The molecule has 3 aromatic carbocycles. The van der Waals surface area contributed by atoms with Crippen molar-refractivity contribution in [3.05, 3.63) is 71.3 Å². The minimum Gasteiger partial charge on any atom is -0.497 e. The summed E-state index contributed by atoms with van der Waals surface area (Å²) < 4.78 is 24.4. The molecule has 3 nitrogen and oxygen atoms in total. The molecule has 0 heterocycles. The van der Waals surface area contributed by atoms with Gasteiger partial charge in [-0.2, -0.15) is 0 Å². The summed E-state index contributed by atoms with van der Waals surface area (Å²) in [5.74, 6) is 1.52. The van der Waals surface area contributed by atoms with Crippen molar-refractivity contribution in [3.63, 3.8) is 0 Å². The topological polar surface area (TPSA) is 35.5 Å². The molecule has 4 heteroatoms. The van der Waals surface area contributed by atoms with Crippen LogP contribution in [0.4, 0.5) is 0 Å². The Labute approximate surface area is 163 Å². The zero-order chi connectivity index (χ0) is 19.6. The molecule has 0 amide bonds. The number of rotatable bonds is 5. The van der Waals surface area contributed by atoms with Gasteiger partial charge in [0.15, 0.2) is 0 Å². The molecule has 1 atom stereocenters. The number of aryl methyl sites for hydroxylation is 3. The van der Waals surface area contributed by atoms with Crippen LogP contribution in [0.3, 0.4) is 0 Å². The lowest BCUT2D eigenvalue weighted by atomic mass is 9.98. The Morgan fingerprint density at radius 3 is 2.07 bits per heavy atom. The molecule has 0 N–H and O–H groups in total. The molecule has 0 aliphatic rings. The fourth-order valence-electron chi connectivity index (χ4n) is 3.13. The molecule has 0 aromatic heterocycles. The fourth-order valence-corrected chi connectivity index (χ4v) is 4.45. The molecule has 27 heavy (non-hydrogen) atoms. The largest absolute Gasteiger partial charge is 0.497 e. The second-order valence-corrected chi connectivity index (χ2v) is 8.05. The molecule has 0 aliphatic heterocycles. The summed E-state index contributed by atoms with van der Waals surface area (Å²) in [6.45, 7) is 6.04. The van der Waals surface area contributed by atoms with E-state index in [-0.39, 0.29) is 0 Å². The molecule has 0 bridgehead atoms. The van der Waals surface area contributed by atoms with E-state index in [0.29, 0.717) is 0 Å². The van der Waals surface area contributed by atoms with Crippen LogP contribution in [0.5, 0.6) is 11.5 Å². The van der Waals surface area contributed by atoms with Gasteiger partial charge in [-0.05, 0) is 73.9 Å². The maximum absolute atomic E-state index is 13.4. The van der Waals surface area contributed by atoms with Gasteiger partial charge in [0, 0.05) is 10.5 Å². The van der Waals surface area contributed by atoms with E-state index in [1.807, 2.05) is 75.4 Å². The van der Waals surface area contributed by atoms with Crippen molar-refractivity contribution in [2.45, 2.75) is 30.6 Å². The first kappa shape index (κ1) is 19.2. The summed E-state index contributed by atoms with van der Waals surface area (Å²) in [6, 6.07) is 17.7. The molecule has 0 radical (unpaired) electrons. The van der Waals surface area contributed by atoms with E-state index in [9.17, 15) is 4.21 Å². The van der Waals surface area contributed by atoms with Gasteiger partial charge >= 0.3 is 0 Å². The van der Waals surface area contributed by atoms with Gasteiger partial charge < -0.3 is 9.47 Å². The Bertz CT molecular complexity index is 991. The molecule has 0 fully saturated rings. The van der Waals surface area contributed by atoms with E-state index in [4.69, 9.17) is 9.47 Å². The first-order valence-corrected chi connectivity index (χ1v) is 9.91. The van der Waals surface area contributed by atoms with Gasteiger partial charge in [-0.15, -0.1) is 0 Å². The van der Waals surface area contributed by atoms with Crippen LogP contribution in [0.1, 0.15) is 16.7 Å². The zero-order valence-corrected chi connectivity index (χ0v) is 17.1. The lowest BCUT2D eigenvalue weighted by Crippen LogP contribution is -2.01. The first-order valence-electron chi connectivity index (χ1n) is 8.76. The SMILES string of the molecule is COc1ccc(-c2c(OC)cc(C)cc2S(=O)c2ccc(C)cc2)c(C)c1. The summed E-state index contributed by atoms with van der Waals surface area (Å²) in [5, 5.41) is 0. The van der Waals surface area contributed by atoms with E-state index in [1.165, 1.54) is 0 Å². The summed E-state index contributed by atoms with van der Waals surface area (Å²) >= 11 is 0. The third-order valence-electron chi connectivity index (χ3n) is 4.57. The van der Waals surface area contributed by atoms with Gasteiger partial charge in [-0.1, -0.05) is 23.8 Å². The van der Waals surface area contributed by atoms with Crippen molar-refractivity contribution in [3.8, 4) is 22.6 Å². The number of benzene rings is 3. The number of ether oxygens (including phenoxy) is 2. The maximum atomic E-state index is 13.4. The van der Waals surface area contributed by atoms with E-state index < -0.39 is 10.8 Å². The van der Waals surface area contributed by atoms with Gasteiger partial charge in [-0.25, -0.2) is 4.21 Å². The van der Waals surface area contributed by atoms with Crippen LogP contribution < -0.4 is 9.47 Å². The summed E-state index contributed by atoms with van der Waals surface area (Å²) in [4.78, 5) is 1.53. The quantitative estimate of drug-likeness (QED) is 0.589. The maximum Gasteiger partial charge on any atom is 0.128 e. The average molecular weight is 381 g/mol. The van der Waals surface area contributed by atoms with Crippen LogP contribution in [-0.2, 0) is 10.8 Å². The van der Waals surface area contributed by atoms with Crippen LogP contribution in [-0.4, -0.2) is 18.4 Å². The molecule has 3 aromatic rings. The van der Waals surface area contributed by atoms with Gasteiger partial charge in [0.1, 0.15) is 11.5 Å². The van der Waals surface area contributed by atoms with Gasteiger partial charge in [0.2, 0.25) is 0 Å². The summed E-state index contributed by atoms with van der Waals surface area (Å²) in [7, 11) is 1.98. The van der Waals surface area contributed by atoms with Crippen molar-refractivity contribution in [1.29, 1.82) is 0 Å².